The Bertz CT molecular complexity index is 1540. The van der Waals surface area contributed by atoms with Gasteiger partial charge in [-0.15, -0.1) is 0 Å². The Labute approximate surface area is 216 Å². The number of furan rings is 1. The van der Waals surface area contributed by atoms with Gasteiger partial charge in [0.2, 0.25) is 0 Å². The molecular formula is C31H30N4O2. The third-order valence-electron chi connectivity index (χ3n) is 7.16. The number of pyridine rings is 1. The number of aryl methyl sites for hydroxylation is 2. The molecule has 1 fully saturated rings. The second-order valence-corrected chi connectivity index (χ2v) is 9.83. The lowest BCUT2D eigenvalue weighted by atomic mass is 10.1. The van der Waals surface area contributed by atoms with Gasteiger partial charge in [-0.05, 0) is 49.2 Å². The van der Waals surface area contributed by atoms with Gasteiger partial charge in [0.15, 0.2) is 5.76 Å². The summed E-state index contributed by atoms with van der Waals surface area (Å²) in [6, 6.07) is 24.9. The number of hydrogen-bond donors (Lipinski definition) is 0. The van der Waals surface area contributed by atoms with Gasteiger partial charge >= 0.3 is 0 Å². The van der Waals surface area contributed by atoms with Gasteiger partial charge in [-0.3, -0.25) is 9.69 Å². The van der Waals surface area contributed by atoms with Crippen LogP contribution in [0, 0.1) is 13.8 Å². The first-order valence-corrected chi connectivity index (χ1v) is 12.8. The van der Waals surface area contributed by atoms with Gasteiger partial charge in [0.25, 0.3) is 5.91 Å². The zero-order valence-electron chi connectivity index (χ0n) is 21.2. The van der Waals surface area contributed by atoms with Crippen LogP contribution in [0.25, 0.3) is 28.0 Å². The van der Waals surface area contributed by atoms with Crippen molar-refractivity contribution in [1.29, 1.82) is 0 Å². The molecule has 0 bridgehead atoms. The van der Waals surface area contributed by atoms with Crippen molar-refractivity contribution >= 4 is 11.6 Å². The van der Waals surface area contributed by atoms with Crippen LogP contribution in [0.15, 0.2) is 89.7 Å². The number of benzene rings is 2. The second kappa shape index (κ2) is 9.71. The monoisotopic (exact) mass is 490 g/mol. The molecule has 6 heteroatoms. The van der Waals surface area contributed by atoms with Gasteiger partial charge in [-0.25, -0.2) is 4.98 Å². The number of carbonyl (C=O) groups is 1. The smallest absolute Gasteiger partial charge is 0.289 e. The highest BCUT2D eigenvalue weighted by Gasteiger charge is 2.25. The van der Waals surface area contributed by atoms with Crippen molar-refractivity contribution in [2.75, 3.05) is 26.2 Å². The predicted molar refractivity (Wildman–Crippen MR) is 145 cm³/mol. The number of carbonyl (C=O) groups excluding carboxylic acids is 1. The quantitative estimate of drug-likeness (QED) is 0.311. The zero-order chi connectivity index (χ0) is 25.4. The molecule has 2 aromatic carbocycles. The maximum absolute atomic E-state index is 12.7. The summed E-state index contributed by atoms with van der Waals surface area (Å²) in [7, 11) is 0. The van der Waals surface area contributed by atoms with Crippen LogP contribution in [-0.2, 0) is 6.54 Å². The first-order chi connectivity index (χ1) is 18.0. The summed E-state index contributed by atoms with van der Waals surface area (Å²) in [5.74, 6) is 0.364. The largest absolute Gasteiger partial charge is 0.459 e. The van der Waals surface area contributed by atoms with Gasteiger partial charge in [0.1, 0.15) is 5.65 Å². The van der Waals surface area contributed by atoms with E-state index in [0.717, 1.165) is 36.5 Å². The molecule has 3 aromatic heterocycles. The topological polar surface area (TPSA) is 54.0 Å². The highest BCUT2D eigenvalue weighted by molar-refractivity contribution is 5.91. The molecular weight excluding hydrogens is 460 g/mol. The summed E-state index contributed by atoms with van der Waals surface area (Å²) in [5.41, 5.74) is 9.07. The average molecular weight is 491 g/mol. The molecule has 0 radical (unpaired) electrons. The Morgan fingerprint density at radius 1 is 0.838 bits per heavy atom. The van der Waals surface area contributed by atoms with E-state index in [2.05, 4.69) is 90.0 Å². The van der Waals surface area contributed by atoms with E-state index in [0.29, 0.717) is 18.8 Å². The van der Waals surface area contributed by atoms with Crippen LogP contribution in [0.2, 0.25) is 0 Å². The molecule has 5 aromatic rings. The molecule has 0 N–H and O–H groups in total. The summed E-state index contributed by atoms with van der Waals surface area (Å²) in [4.78, 5) is 22.1. The lowest BCUT2D eigenvalue weighted by Gasteiger charge is -2.34. The van der Waals surface area contributed by atoms with Crippen molar-refractivity contribution in [3.63, 3.8) is 0 Å². The van der Waals surface area contributed by atoms with Crippen LogP contribution < -0.4 is 0 Å². The molecule has 4 heterocycles. The number of fused-ring (bicyclic) bond motifs is 1. The number of piperazine rings is 1. The van der Waals surface area contributed by atoms with Crippen LogP contribution in [0.3, 0.4) is 0 Å². The molecule has 6 nitrogen and oxygen atoms in total. The van der Waals surface area contributed by atoms with Crippen molar-refractivity contribution < 1.29 is 9.21 Å². The van der Waals surface area contributed by atoms with Crippen molar-refractivity contribution in [1.82, 2.24) is 19.2 Å². The summed E-state index contributed by atoms with van der Waals surface area (Å²) in [6.07, 6.45) is 3.76. The van der Waals surface area contributed by atoms with E-state index in [1.165, 1.54) is 27.9 Å². The fourth-order valence-corrected chi connectivity index (χ4v) is 5.06. The van der Waals surface area contributed by atoms with Gasteiger partial charge in [0.05, 0.1) is 17.7 Å². The van der Waals surface area contributed by atoms with Gasteiger partial charge < -0.3 is 13.7 Å². The molecule has 0 spiro atoms. The fraction of sp³-hybridized carbons (Fsp3) is 0.226. The number of amides is 1. The second-order valence-electron chi connectivity index (χ2n) is 9.83. The number of hydrogen-bond acceptors (Lipinski definition) is 4. The minimum absolute atomic E-state index is 0.0393. The number of imidazole rings is 1. The SMILES string of the molecule is Cc1ccc(-c2nc3ccc(-c4cccc(C)c4)cn3c2CN2CCN(C(=O)c3ccco3)CC2)cc1. The van der Waals surface area contributed by atoms with Gasteiger partial charge in [0, 0.05) is 44.5 Å². The van der Waals surface area contributed by atoms with E-state index < -0.39 is 0 Å². The molecule has 1 aliphatic rings. The molecule has 0 saturated carbocycles. The third-order valence-corrected chi connectivity index (χ3v) is 7.16. The van der Waals surface area contributed by atoms with Crippen molar-refractivity contribution in [2.45, 2.75) is 20.4 Å². The standard InChI is InChI=1S/C31H30N4O2/c1-22-8-10-24(11-9-22)30-27(21-33-14-16-34(17-15-33)31(36)28-7-4-18-37-28)35-20-26(12-13-29(35)32-30)25-6-3-5-23(2)19-25/h3-13,18-20H,14-17,21H2,1-2H3. The minimum atomic E-state index is -0.0393. The van der Waals surface area contributed by atoms with E-state index in [4.69, 9.17) is 9.40 Å². The Hall–Kier alpha value is -4.16. The number of aromatic nitrogens is 2. The van der Waals surface area contributed by atoms with E-state index in [-0.39, 0.29) is 5.91 Å². The Balaban J connectivity index is 1.33. The molecule has 0 unspecified atom stereocenters. The Kier molecular flexibility index (Phi) is 6.10. The molecule has 186 valence electrons. The lowest BCUT2D eigenvalue weighted by molar-refractivity contribution is 0.0596. The van der Waals surface area contributed by atoms with Crippen molar-refractivity contribution in [3.8, 4) is 22.4 Å². The minimum Gasteiger partial charge on any atom is -0.459 e. The molecule has 1 aliphatic heterocycles. The van der Waals surface area contributed by atoms with Crippen LogP contribution in [0.1, 0.15) is 27.4 Å². The van der Waals surface area contributed by atoms with E-state index in [1.807, 2.05) is 4.90 Å². The van der Waals surface area contributed by atoms with Crippen molar-refractivity contribution in [3.05, 3.63) is 108 Å². The average Bonchev–Trinajstić information content (AvgIpc) is 3.58. The summed E-state index contributed by atoms with van der Waals surface area (Å²) < 4.78 is 7.56. The lowest BCUT2D eigenvalue weighted by Crippen LogP contribution is -2.48. The Morgan fingerprint density at radius 3 is 2.35 bits per heavy atom. The van der Waals surface area contributed by atoms with Crippen LogP contribution in [0.5, 0.6) is 0 Å². The van der Waals surface area contributed by atoms with E-state index in [9.17, 15) is 4.79 Å². The molecule has 1 amide bonds. The molecule has 1 saturated heterocycles. The van der Waals surface area contributed by atoms with Crippen LogP contribution >= 0.6 is 0 Å². The predicted octanol–water partition coefficient (Wildman–Crippen LogP) is 5.84. The fourth-order valence-electron chi connectivity index (χ4n) is 5.06. The summed E-state index contributed by atoms with van der Waals surface area (Å²) >= 11 is 0. The molecule has 6 rings (SSSR count). The highest BCUT2D eigenvalue weighted by Crippen LogP contribution is 2.29. The Morgan fingerprint density at radius 2 is 1.62 bits per heavy atom. The van der Waals surface area contributed by atoms with Crippen molar-refractivity contribution in [2.24, 2.45) is 0 Å². The first-order valence-electron chi connectivity index (χ1n) is 12.8. The highest BCUT2D eigenvalue weighted by atomic mass is 16.3. The van der Waals surface area contributed by atoms with Crippen LogP contribution in [-0.4, -0.2) is 51.3 Å². The van der Waals surface area contributed by atoms with Crippen LogP contribution in [0.4, 0.5) is 0 Å². The summed E-state index contributed by atoms with van der Waals surface area (Å²) in [5, 5.41) is 0. The van der Waals surface area contributed by atoms with Gasteiger partial charge in [-0.2, -0.15) is 0 Å². The normalized spacial score (nSPS) is 14.4. The first kappa shape index (κ1) is 23.3. The van der Waals surface area contributed by atoms with Gasteiger partial charge in [-0.1, -0.05) is 59.7 Å². The number of nitrogens with zero attached hydrogens (tertiary/aromatic N) is 4. The maximum Gasteiger partial charge on any atom is 0.289 e. The zero-order valence-corrected chi connectivity index (χ0v) is 21.2. The molecule has 0 atom stereocenters. The molecule has 0 aliphatic carbocycles. The van der Waals surface area contributed by atoms with E-state index >= 15 is 0 Å². The third kappa shape index (κ3) is 4.68. The molecule has 37 heavy (non-hydrogen) atoms. The summed E-state index contributed by atoms with van der Waals surface area (Å²) in [6.45, 7) is 7.91. The van der Waals surface area contributed by atoms with E-state index in [1.54, 1.807) is 18.4 Å². The number of rotatable bonds is 5. The maximum atomic E-state index is 12.7.